The molecule has 0 aromatic heterocycles. The largest absolute Gasteiger partial charge is 0.478 e. The van der Waals surface area contributed by atoms with Crippen molar-refractivity contribution in [2.75, 3.05) is 13.1 Å². The summed E-state index contributed by atoms with van der Waals surface area (Å²) in [6.45, 7) is 3.98. The van der Waals surface area contributed by atoms with Crippen molar-refractivity contribution in [3.05, 3.63) is 34.9 Å². The molecule has 0 saturated carbocycles. The Morgan fingerprint density at radius 2 is 0.933 bits per heavy atom. The third-order valence-corrected chi connectivity index (χ3v) is 5.75. The van der Waals surface area contributed by atoms with Gasteiger partial charge in [-0.15, -0.1) is 0 Å². The van der Waals surface area contributed by atoms with E-state index in [2.05, 4.69) is 5.32 Å². The predicted molar refractivity (Wildman–Crippen MR) is 123 cm³/mol. The number of carbonyl (C=O) groups is 2. The second-order valence-corrected chi connectivity index (χ2v) is 8.29. The van der Waals surface area contributed by atoms with Gasteiger partial charge >= 0.3 is 11.9 Å². The Kier molecular flexibility index (Phi) is 14.7. The smallest absolute Gasteiger partial charge is 0.335 e. The summed E-state index contributed by atoms with van der Waals surface area (Å²) in [5, 5.41) is 20.9. The van der Waals surface area contributed by atoms with E-state index in [1.165, 1.54) is 128 Å². The summed E-state index contributed by atoms with van der Waals surface area (Å²) in [5.74, 6) is -2.22. The first-order valence-corrected chi connectivity index (χ1v) is 11.8. The van der Waals surface area contributed by atoms with E-state index in [9.17, 15) is 9.59 Å². The number of rotatable bonds is 2. The normalized spacial score (nSPS) is 17.8. The van der Waals surface area contributed by atoms with Crippen molar-refractivity contribution >= 4 is 11.9 Å². The molecule has 3 N–H and O–H groups in total. The summed E-state index contributed by atoms with van der Waals surface area (Å²) in [5.41, 5.74) is 0.335. The van der Waals surface area contributed by atoms with Crippen molar-refractivity contribution in [3.63, 3.8) is 0 Å². The first kappa shape index (κ1) is 26.2. The van der Waals surface area contributed by atoms with Gasteiger partial charge in [0, 0.05) is 0 Å². The highest BCUT2D eigenvalue weighted by atomic mass is 16.4. The first-order valence-electron chi connectivity index (χ1n) is 11.8. The monoisotopic (exact) mass is 419 g/mol. The highest BCUT2D eigenvalue weighted by Gasteiger charge is 2.13. The average molecular weight is 420 g/mol. The fourth-order valence-corrected chi connectivity index (χ4v) is 3.85. The Labute approximate surface area is 182 Å². The van der Waals surface area contributed by atoms with Gasteiger partial charge in [0.05, 0.1) is 11.1 Å². The minimum absolute atomic E-state index is 0.0277. The number of benzene rings is 1. The molecule has 0 atom stereocenters. The van der Waals surface area contributed by atoms with Crippen LogP contribution in [0.3, 0.4) is 0 Å². The second kappa shape index (κ2) is 16.9. The number of nitrogens with one attached hydrogen (secondary N) is 1. The predicted octanol–water partition coefficient (Wildman–Crippen LogP) is 6.44. The fourth-order valence-electron chi connectivity index (χ4n) is 3.85. The van der Waals surface area contributed by atoms with Crippen LogP contribution < -0.4 is 5.32 Å². The molecule has 1 aliphatic rings. The number of aromatic carboxylic acids is 2. The molecule has 5 nitrogen and oxygen atoms in total. The summed E-state index contributed by atoms with van der Waals surface area (Å²) in [6, 6.07) is 4.17. The number of carboxylic acid groups (broad SMARTS) is 2. The van der Waals surface area contributed by atoms with Crippen molar-refractivity contribution in [2.45, 2.75) is 96.8 Å². The van der Waals surface area contributed by atoms with Crippen LogP contribution in [0.4, 0.5) is 0 Å². The fraction of sp³-hybridized carbons (Fsp3) is 0.680. The zero-order valence-corrected chi connectivity index (χ0v) is 18.8. The van der Waals surface area contributed by atoms with Gasteiger partial charge in [-0.2, -0.15) is 0 Å². The van der Waals surface area contributed by atoms with Crippen LogP contribution in [-0.4, -0.2) is 35.2 Å². The molecule has 1 saturated heterocycles. The Morgan fingerprint density at radius 3 is 1.23 bits per heavy atom. The van der Waals surface area contributed by atoms with E-state index in [1.807, 2.05) is 0 Å². The quantitative estimate of drug-likeness (QED) is 0.513. The van der Waals surface area contributed by atoms with Gasteiger partial charge < -0.3 is 15.5 Å². The summed E-state index contributed by atoms with van der Waals surface area (Å²) >= 11 is 0. The van der Waals surface area contributed by atoms with Crippen LogP contribution in [0.15, 0.2) is 18.2 Å². The highest BCUT2D eigenvalue weighted by molar-refractivity contribution is 5.96. The zero-order valence-electron chi connectivity index (χ0n) is 18.8. The molecule has 0 spiro atoms. The van der Waals surface area contributed by atoms with Crippen molar-refractivity contribution in [1.82, 2.24) is 5.32 Å². The lowest BCUT2D eigenvalue weighted by molar-refractivity contribution is 0.0696. The lowest BCUT2D eigenvalue weighted by atomic mass is 10.0. The lowest BCUT2D eigenvalue weighted by Crippen LogP contribution is -2.16. The number of carboxylic acids is 2. The molecule has 2 rings (SSSR count). The van der Waals surface area contributed by atoms with Crippen LogP contribution in [0, 0.1) is 6.92 Å². The third-order valence-electron chi connectivity index (χ3n) is 5.75. The van der Waals surface area contributed by atoms with Gasteiger partial charge in [-0.3, -0.25) is 0 Å². The standard InChI is InChI=1S/C16H33N.C9H8O4/c1-2-4-6-8-10-12-14-16-17-15-13-11-9-7-5-3-1;1-5-6(8(10)11)3-2-4-7(5)9(12)13/h17H,1-16H2;2-4H,1H3,(H,10,11)(H,12,13). The van der Waals surface area contributed by atoms with E-state index >= 15 is 0 Å². The van der Waals surface area contributed by atoms with Gasteiger partial charge in [0.2, 0.25) is 0 Å². The number of hydrogen-bond donors (Lipinski definition) is 3. The molecule has 0 bridgehead atoms. The molecule has 30 heavy (non-hydrogen) atoms. The molecule has 1 aromatic rings. The topological polar surface area (TPSA) is 86.6 Å². The lowest BCUT2D eigenvalue weighted by Gasteiger charge is -2.04. The Hall–Kier alpha value is -1.88. The van der Waals surface area contributed by atoms with Crippen molar-refractivity contribution < 1.29 is 19.8 Å². The minimum atomic E-state index is -1.11. The van der Waals surface area contributed by atoms with Crippen molar-refractivity contribution in [1.29, 1.82) is 0 Å². The molecular formula is C25H41NO4. The maximum Gasteiger partial charge on any atom is 0.335 e. The van der Waals surface area contributed by atoms with Crippen LogP contribution in [0.5, 0.6) is 0 Å². The van der Waals surface area contributed by atoms with E-state index < -0.39 is 11.9 Å². The molecule has 1 fully saturated rings. The van der Waals surface area contributed by atoms with Crippen molar-refractivity contribution in [3.8, 4) is 0 Å². The molecular weight excluding hydrogens is 378 g/mol. The average Bonchev–Trinajstić information content (AvgIpc) is 2.72. The van der Waals surface area contributed by atoms with E-state index in [0.717, 1.165) is 0 Å². The Balaban J connectivity index is 0.000000311. The molecule has 5 heteroatoms. The molecule has 1 heterocycles. The van der Waals surface area contributed by atoms with Gasteiger partial charge in [0.15, 0.2) is 0 Å². The van der Waals surface area contributed by atoms with Crippen LogP contribution >= 0.6 is 0 Å². The van der Waals surface area contributed by atoms with Crippen LogP contribution in [0.25, 0.3) is 0 Å². The van der Waals surface area contributed by atoms with E-state index in [4.69, 9.17) is 10.2 Å². The third kappa shape index (κ3) is 12.0. The van der Waals surface area contributed by atoms with Crippen molar-refractivity contribution in [2.24, 2.45) is 0 Å². The Morgan fingerprint density at radius 1 is 0.633 bits per heavy atom. The summed E-state index contributed by atoms with van der Waals surface area (Å²) < 4.78 is 0. The van der Waals surface area contributed by atoms with Crippen LogP contribution in [0.2, 0.25) is 0 Å². The highest BCUT2D eigenvalue weighted by Crippen LogP contribution is 2.14. The van der Waals surface area contributed by atoms with Gasteiger partial charge in [0.25, 0.3) is 0 Å². The molecule has 170 valence electrons. The maximum absolute atomic E-state index is 10.6. The van der Waals surface area contributed by atoms with E-state index in [0.29, 0.717) is 0 Å². The summed E-state index contributed by atoms with van der Waals surface area (Å²) in [7, 11) is 0. The van der Waals surface area contributed by atoms with Gasteiger partial charge in [-0.05, 0) is 50.6 Å². The molecule has 0 unspecified atom stereocenters. The molecule has 0 amide bonds. The zero-order chi connectivity index (χ0) is 22.0. The van der Waals surface area contributed by atoms with Crippen LogP contribution in [0.1, 0.15) is 116 Å². The molecule has 0 aliphatic carbocycles. The van der Waals surface area contributed by atoms with E-state index in [-0.39, 0.29) is 16.7 Å². The minimum Gasteiger partial charge on any atom is -0.478 e. The van der Waals surface area contributed by atoms with E-state index in [1.54, 1.807) is 0 Å². The Bertz CT molecular complexity index is 513. The van der Waals surface area contributed by atoms with Crippen LogP contribution in [-0.2, 0) is 0 Å². The summed E-state index contributed by atoms with van der Waals surface area (Å²) in [4.78, 5) is 21.2. The number of hydrogen-bond acceptors (Lipinski definition) is 3. The first-order chi connectivity index (χ1) is 14.5. The maximum atomic E-state index is 10.6. The van der Waals surface area contributed by atoms with Gasteiger partial charge in [-0.1, -0.05) is 83.1 Å². The van der Waals surface area contributed by atoms with Gasteiger partial charge in [0.1, 0.15) is 0 Å². The molecule has 1 aliphatic heterocycles. The molecule has 0 radical (unpaired) electrons. The summed E-state index contributed by atoms with van der Waals surface area (Å²) in [6.07, 6.45) is 20.4. The molecule has 1 aromatic carbocycles. The SMILES string of the molecule is C1CCCCCCCCNCCCCCCC1.Cc1c(C(=O)O)cccc1C(=O)O. The van der Waals surface area contributed by atoms with Gasteiger partial charge in [-0.25, -0.2) is 9.59 Å². The second-order valence-electron chi connectivity index (χ2n) is 8.29.